The van der Waals surface area contributed by atoms with Gasteiger partial charge in [0.15, 0.2) is 5.13 Å². The number of carboxylic acid groups (broad SMARTS) is 1. The number of aliphatic hydroxyl groups is 1. The lowest BCUT2D eigenvalue weighted by Gasteiger charge is -2.38. The number of nitrogens with zero attached hydrogens (tertiary/aromatic N) is 2. The molecule has 0 amide bonds. The number of likely N-dealkylation sites (tertiary alicyclic amines) is 1. The van der Waals surface area contributed by atoms with Crippen molar-refractivity contribution >= 4 is 51.6 Å². The summed E-state index contributed by atoms with van der Waals surface area (Å²) in [5.41, 5.74) is 1.37. The van der Waals surface area contributed by atoms with Gasteiger partial charge in [-0.25, -0.2) is 0 Å². The van der Waals surface area contributed by atoms with Crippen LogP contribution in [-0.2, 0) is 4.79 Å². The molecule has 1 aromatic carbocycles. The van der Waals surface area contributed by atoms with Crippen LogP contribution < -0.4 is 4.74 Å². The number of carbonyl (C=O) groups is 1. The Hall–Kier alpha value is -1.91. The average Bonchev–Trinajstić information content (AvgIpc) is 3.27. The van der Waals surface area contributed by atoms with Crippen LogP contribution in [0.15, 0.2) is 40.7 Å². The minimum atomic E-state index is -0.800. The fraction of sp³-hybridized carbons (Fsp3) is 0.462. The number of aliphatic carboxylic acids is 1. The van der Waals surface area contributed by atoms with Crippen molar-refractivity contribution in [1.29, 1.82) is 0 Å². The van der Waals surface area contributed by atoms with Gasteiger partial charge in [-0.05, 0) is 68.0 Å². The molecule has 2 N–H and O–H groups in total. The van der Waals surface area contributed by atoms with Gasteiger partial charge in [0.25, 0.3) is 0 Å². The minimum absolute atomic E-state index is 0.0115. The first-order valence-corrected chi connectivity index (χ1v) is 14.1. The number of hydrogen-bond acceptors (Lipinski definition) is 7. The van der Waals surface area contributed by atoms with Crippen molar-refractivity contribution in [2.75, 3.05) is 32.5 Å². The van der Waals surface area contributed by atoms with E-state index in [1.165, 1.54) is 6.07 Å². The maximum absolute atomic E-state index is 13.2. The number of aromatic nitrogens is 1. The minimum Gasteiger partial charge on any atom is -0.497 e. The van der Waals surface area contributed by atoms with Gasteiger partial charge in [0, 0.05) is 42.4 Å². The van der Waals surface area contributed by atoms with E-state index in [9.17, 15) is 19.4 Å². The second-order valence-electron chi connectivity index (χ2n) is 9.11. The summed E-state index contributed by atoms with van der Waals surface area (Å²) in [5, 5.41) is 21.6. The molecule has 6 nitrogen and oxygen atoms in total. The highest BCUT2D eigenvalue weighted by molar-refractivity contribution is 8.01. The van der Waals surface area contributed by atoms with Gasteiger partial charge in [0.05, 0.1) is 28.0 Å². The molecule has 36 heavy (non-hydrogen) atoms. The molecular formula is C26H30ClFN2O4S2. The predicted molar refractivity (Wildman–Crippen MR) is 143 cm³/mol. The number of piperidine rings is 1. The maximum atomic E-state index is 13.2. The molecule has 0 radical (unpaired) electrons. The Morgan fingerprint density at radius 1 is 1.36 bits per heavy atom. The van der Waals surface area contributed by atoms with E-state index in [0.717, 1.165) is 51.7 Å². The number of thiophene rings is 1. The van der Waals surface area contributed by atoms with E-state index in [-0.39, 0.29) is 23.4 Å². The van der Waals surface area contributed by atoms with E-state index < -0.39 is 12.1 Å². The zero-order chi connectivity index (χ0) is 25.7. The van der Waals surface area contributed by atoms with Crippen LogP contribution in [0.3, 0.4) is 0 Å². The number of benzene rings is 1. The summed E-state index contributed by atoms with van der Waals surface area (Å²) >= 11 is 9.24. The van der Waals surface area contributed by atoms with Crippen molar-refractivity contribution in [2.24, 2.45) is 11.8 Å². The number of thioether (sulfide) groups is 1. The van der Waals surface area contributed by atoms with Gasteiger partial charge in [0.2, 0.25) is 0 Å². The Balaban J connectivity index is 1.38. The van der Waals surface area contributed by atoms with Gasteiger partial charge in [-0.2, -0.15) is 4.39 Å². The van der Waals surface area contributed by atoms with Gasteiger partial charge < -0.3 is 19.8 Å². The Bertz CT molecular complexity index is 1190. The first kappa shape index (κ1) is 27.1. The molecule has 1 aliphatic rings. The molecule has 0 saturated carbocycles. The van der Waals surface area contributed by atoms with Gasteiger partial charge in [-0.3, -0.25) is 9.78 Å². The van der Waals surface area contributed by atoms with Crippen LogP contribution in [0, 0.1) is 17.0 Å². The molecule has 2 unspecified atom stereocenters. The highest BCUT2D eigenvalue weighted by Crippen LogP contribution is 2.37. The molecule has 3 aromatic rings. The number of methoxy groups -OCH3 is 1. The van der Waals surface area contributed by atoms with Crippen LogP contribution in [0.4, 0.5) is 4.39 Å². The molecule has 1 aliphatic heterocycles. The van der Waals surface area contributed by atoms with Crippen LogP contribution in [0.25, 0.3) is 10.9 Å². The number of rotatable bonds is 11. The largest absolute Gasteiger partial charge is 0.497 e. The second-order valence-corrected chi connectivity index (χ2v) is 11.9. The smallest absolute Gasteiger partial charge is 0.303 e. The van der Waals surface area contributed by atoms with Crippen molar-refractivity contribution < 1.29 is 24.1 Å². The molecule has 10 heteroatoms. The summed E-state index contributed by atoms with van der Waals surface area (Å²) in [6.07, 6.45) is 2.94. The van der Waals surface area contributed by atoms with Gasteiger partial charge in [-0.1, -0.05) is 22.9 Å². The van der Waals surface area contributed by atoms with Crippen LogP contribution in [0.2, 0.25) is 5.02 Å². The summed E-state index contributed by atoms with van der Waals surface area (Å²) in [7, 11) is 1.59. The quantitative estimate of drug-likeness (QED) is 0.277. The van der Waals surface area contributed by atoms with E-state index in [2.05, 4.69) is 9.88 Å². The highest BCUT2D eigenvalue weighted by atomic mass is 35.5. The third-order valence-electron chi connectivity index (χ3n) is 6.82. The van der Waals surface area contributed by atoms with Gasteiger partial charge in [-0.15, -0.1) is 11.8 Å². The number of pyridine rings is 1. The van der Waals surface area contributed by atoms with Gasteiger partial charge in [0.1, 0.15) is 5.75 Å². The van der Waals surface area contributed by atoms with Crippen LogP contribution in [0.5, 0.6) is 5.75 Å². The number of aliphatic hydroxyl groups excluding tert-OH is 1. The fourth-order valence-electron chi connectivity index (χ4n) is 5.00. The van der Waals surface area contributed by atoms with Crippen molar-refractivity contribution in [3.05, 3.63) is 52.2 Å². The topological polar surface area (TPSA) is 82.9 Å². The number of fused-ring (bicyclic) bond motifs is 1. The monoisotopic (exact) mass is 552 g/mol. The normalized spacial score (nSPS) is 19.4. The molecular weight excluding hydrogens is 523 g/mol. The second kappa shape index (κ2) is 12.6. The molecule has 4 rings (SSSR count). The molecule has 2 aromatic heterocycles. The van der Waals surface area contributed by atoms with Gasteiger partial charge >= 0.3 is 5.97 Å². The van der Waals surface area contributed by atoms with Crippen molar-refractivity contribution in [3.8, 4) is 5.75 Å². The Kier molecular flexibility index (Phi) is 9.47. The first-order chi connectivity index (χ1) is 17.3. The van der Waals surface area contributed by atoms with Crippen LogP contribution >= 0.6 is 34.7 Å². The lowest BCUT2D eigenvalue weighted by atomic mass is 9.79. The molecule has 1 fully saturated rings. The third kappa shape index (κ3) is 6.89. The summed E-state index contributed by atoms with van der Waals surface area (Å²) in [5.74, 6) is 0.910. The first-order valence-electron chi connectivity index (χ1n) is 12.0. The molecule has 194 valence electrons. The molecule has 0 aliphatic carbocycles. The average molecular weight is 553 g/mol. The summed E-state index contributed by atoms with van der Waals surface area (Å²) < 4.78 is 19.5. The van der Waals surface area contributed by atoms with Crippen LogP contribution in [-0.4, -0.2) is 58.6 Å². The lowest BCUT2D eigenvalue weighted by molar-refractivity contribution is -0.139. The maximum Gasteiger partial charge on any atom is 0.303 e. The summed E-state index contributed by atoms with van der Waals surface area (Å²) in [4.78, 5) is 18.3. The predicted octanol–water partition coefficient (Wildman–Crippen LogP) is 6.12. The standard InChI is InChI=1S/C26H30ClFN2O4S2/c1-34-18-3-4-21-19(13-18)26(20(27)14-29-21)22(31)5-2-16-8-9-30(15-17(16)12-24(32)33)10-11-35-25-7-6-23(28)36-25/h3-4,6-7,13-14,16-17,22,31H,2,5,8-12,15H2,1H3,(H,32,33)/t16?,17?,22-/m1/s1. The molecule has 0 bridgehead atoms. The number of carboxylic acids is 1. The highest BCUT2D eigenvalue weighted by Gasteiger charge is 2.31. The Morgan fingerprint density at radius 3 is 2.92 bits per heavy atom. The van der Waals surface area contributed by atoms with E-state index in [1.807, 2.05) is 18.2 Å². The molecule has 3 heterocycles. The Labute approximate surface area is 223 Å². The zero-order valence-corrected chi connectivity index (χ0v) is 22.4. The van der Waals surface area contributed by atoms with E-state index in [0.29, 0.717) is 35.7 Å². The SMILES string of the molecule is COc1ccc2ncc(Cl)c([C@H](O)CCC3CCN(CCSc4ccc(F)s4)CC3CC(=O)O)c2c1. The third-order valence-corrected chi connectivity index (χ3v) is 9.21. The van der Waals surface area contributed by atoms with Crippen molar-refractivity contribution in [2.45, 2.75) is 36.0 Å². The number of halogens is 2. The van der Waals surface area contributed by atoms with Crippen LogP contribution in [0.1, 0.15) is 37.4 Å². The molecule has 3 atom stereocenters. The lowest BCUT2D eigenvalue weighted by Crippen LogP contribution is -2.42. The molecule has 0 spiro atoms. The van der Waals surface area contributed by atoms with E-state index in [4.69, 9.17) is 16.3 Å². The summed E-state index contributed by atoms with van der Waals surface area (Å²) in [6.45, 7) is 2.42. The molecule has 1 saturated heterocycles. The van der Waals surface area contributed by atoms with E-state index in [1.54, 1.807) is 31.1 Å². The number of ether oxygens (including phenoxy) is 1. The zero-order valence-electron chi connectivity index (χ0n) is 20.0. The van der Waals surface area contributed by atoms with E-state index >= 15 is 0 Å². The fourth-order valence-corrected chi connectivity index (χ4v) is 7.18. The summed E-state index contributed by atoms with van der Waals surface area (Å²) in [6, 6.07) is 8.77. The van der Waals surface area contributed by atoms with Crippen molar-refractivity contribution in [3.63, 3.8) is 0 Å². The van der Waals surface area contributed by atoms with Crippen molar-refractivity contribution in [1.82, 2.24) is 9.88 Å². The number of hydrogen-bond donors (Lipinski definition) is 2. The Morgan fingerprint density at radius 2 is 2.19 bits per heavy atom.